The number of carboxylic acid groups (broad SMARTS) is 1. The minimum absolute atomic E-state index is 0.0773. The van der Waals surface area contributed by atoms with E-state index in [-0.39, 0.29) is 19.7 Å². The van der Waals surface area contributed by atoms with E-state index < -0.39 is 17.9 Å². The van der Waals surface area contributed by atoms with Crippen LogP contribution < -0.4 is 11.1 Å². The van der Waals surface area contributed by atoms with Crippen molar-refractivity contribution in [3.8, 4) is 0 Å². The van der Waals surface area contributed by atoms with Gasteiger partial charge < -0.3 is 30.4 Å². The van der Waals surface area contributed by atoms with Gasteiger partial charge in [0.25, 0.3) is 0 Å². The van der Waals surface area contributed by atoms with Crippen LogP contribution in [0.4, 0.5) is 9.18 Å². The lowest BCUT2D eigenvalue weighted by molar-refractivity contribution is -0.0877. The highest BCUT2D eigenvalue weighted by Crippen LogP contribution is 2.16. The van der Waals surface area contributed by atoms with E-state index in [4.69, 9.17) is 25.1 Å². The Morgan fingerprint density at radius 3 is 2.35 bits per heavy atom. The van der Waals surface area contributed by atoms with Gasteiger partial charge in [-0.25, -0.2) is 9.18 Å². The molecule has 0 aromatic rings. The summed E-state index contributed by atoms with van der Waals surface area (Å²) in [5, 5.41) is 10.5. The van der Waals surface area contributed by atoms with Crippen molar-refractivity contribution in [2.45, 2.75) is 25.6 Å². The van der Waals surface area contributed by atoms with Crippen LogP contribution in [0.15, 0.2) is 0 Å². The third kappa shape index (κ3) is 9.90. The van der Waals surface area contributed by atoms with Crippen LogP contribution in [0.5, 0.6) is 0 Å². The molecular weight excluding hydrogens is 271 g/mol. The molecule has 7 nitrogen and oxygen atoms in total. The molecule has 0 saturated carbocycles. The number of carbonyl (C=O) groups is 1. The molecule has 0 aromatic heterocycles. The first-order valence-electron chi connectivity index (χ1n) is 6.50. The molecule has 1 unspecified atom stereocenters. The van der Waals surface area contributed by atoms with Crippen LogP contribution in [0, 0.1) is 0 Å². The third-order valence-electron chi connectivity index (χ3n) is 2.56. The predicted molar refractivity (Wildman–Crippen MR) is 71.6 cm³/mol. The molecule has 4 N–H and O–H groups in total. The molecule has 8 heteroatoms. The second-order valence-corrected chi connectivity index (χ2v) is 4.61. The van der Waals surface area contributed by atoms with Crippen LogP contribution >= 0.6 is 0 Å². The number of amides is 1. The molecule has 0 heterocycles. The van der Waals surface area contributed by atoms with Gasteiger partial charge in [-0.2, -0.15) is 0 Å². The summed E-state index contributed by atoms with van der Waals surface area (Å²) in [6.07, 6.45) is -2.29. The maximum Gasteiger partial charge on any atom is 0.404 e. The zero-order valence-corrected chi connectivity index (χ0v) is 12.1. The number of hydrogen-bond acceptors (Lipinski definition) is 5. The fraction of sp³-hybridized carbons (Fsp3) is 0.917. The lowest BCUT2D eigenvalue weighted by Crippen LogP contribution is -2.41. The highest BCUT2D eigenvalue weighted by atomic mass is 19.1. The minimum atomic E-state index is -1.22. The van der Waals surface area contributed by atoms with Crippen molar-refractivity contribution in [3.05, 3.63) is 0 Å². The van der Waals surface area contributed by atoms with Gasteiger partial charge in [0.05, 0.1) is 38.6 Å². The van der Waals surface area contributed by atoms with E-state index in [0.29, 0.717) is 26.4 Å². The summed E-state index contributed by atoms with van der Waals surface area (Å²) in [7, 11) is 0. The first-order valence-corrected chi connectivity index (χ1v) is 6.50. The fourth-order valence-electron chi connectivity index (χ4n) is 1.29. The molecule has 120 valence electrons. The lowest BCUT2D eigenvalue weighted by Gasteiger charge is -2.28. The molecule has 1 atom stereocenters. The molecule has 0 saturated heterocycles. The Morgan fingerprint density at radius 1 is 1.25 bits per heavy atom. The van der Waals surface area contributed by atoms with E-state index >= 15 is 0 Å². The first kappa shape index (κ1) is 19.0. The number of halogens is 1. The van der Waals surface area contributed by atoms with Gasteiger partial charge in [-0.15, -0.1) is 0 Å². The minimum Gasteiger partial charge on any atom is -0.465 e. The van der Waals surface area contributed by atoms with Gasteiger partial charge in [0.15, 0.2) is 0 Å². The topological polar surface area (TPSA) is 103 Å². The monoisotopic (exact) mass is 296 g/mol. The molecule has 20 heavy (non-hydrogen) atoms. The maximum atomic E-state index is 13.4. The van der Waals surface area contributed by atoms with E-state index in [9.17, 15) is 9.18 Å². The van der Waals surface area contributed by atoms with Gasteiger partial charge in [-0.05, 0) is 13.8 Å². The molecule has 0 aliphatic heterocycles. The van der Waals surface area contributed by atoms with Gasteiger partial charge in [-0.1, -0.05) is 0 Å². The summed E-state index contributed by atoms with van der Waals surface area (Å²) in [6, 6.07) is 0. The molecule has 0 aromatic carbocycles. The smallest absolute Gasteiger partial charge is 0.404 e. The Bertz CT molecular complexity index is 266. The standard InChI is InChI=1S/C12H25FN2O5/c1-12(2,10(13)9-14)20-8-7-19-6-5-18-4-3-15-11(16)17/h10,15H,3-9,14H2,1-2H3,(H,16,17). The van der Waals surface area contributed by atoms with Gasteiger partial charge in [0, 0.05) is 13.1 Å². The van der Waals surface area contributed by atoms with Crippen LogP contribution in [0.3, 0.4) is 0 Å². The van der Waals surface area contributed by atoms with Crippen LogP contribution in [0.1, 0.15) is 13.8 Å². The number of nitrogens with two attached hydrogens (primary N) is 1. The van der Waals surface area contributed by atoms with Gasteiger partial charge >= 0.3 is 6.09 Å². The molecule has 0 bridgehead atoms. The lowest BCUT2D eigenvalue weighted by atomic mass is 10.0. The Kier molecular flexibility index (Phi) is 10.3. The van der Waals surface area contributed by atoms with Crippen molar-refractivity contribution in [2.24, 2.45) is 5.73 Å². The summed E-state index contributed by atoms with van der Waals surface area (Å²) < 4.78 is 29.1. The van der Waals surface area contributed by atoms with Crippen molar-refractivity contribution in [1.29, 1.82) is 0 Å². The summed E-state index contributed by atoms with van der Waals surface area (Å²) in [6.45, 7) is 5.07. The molecule has 1 amide bonds. The summed E-state index contributed by atoms with van der Waals surface area (Å²) in [5.74, 6) is 0. The van der Waals surface area contributed by atoms with Crippen molar-refractivity contribution in [3.63, 3.8) is 0 Å². The second-order valence-electron chi connectivity index (χ2n) is 4.61. The highest BCUT2D eigenvalue weighted by Gasteiger charge is 2.28. The van der Waals surface area contributed by atoms with Gasteiger partial charge in [0.2, 0.25) is 0 Å². The van der Waals surface area contributed by atoms with Crippen LogP contribution in [0.25, 0.3) is 0 Å². The number of hydrogen-bond donors (Lipinski definition) is 3. The highest BCUT2D eigenvalue weighted by molar-refractivity contribution is 5.64. The zero-order valence-electron chi connectivity index (χ0n) is 12.1. The Labute approximate surface area is 118 Å². The van der Waals surface area contributed by atoms with E-state index in [1.54, 1.807) is 13.8 Å². The fourth-order valence-corrected chi connectivity index (χ4v) is 1.29. The number of alkyl halides is 1. The van der Waals surface area contributed by atoms with E-state index in [1.807, 2.05) is 0 Å². The number of rotatable bonds is 12. The molecular formula is C12H25FN2O5. The Balaban J connectivity index is 3.34. The van der Waals surface area contributed by atoms with Crippen LogP contribution in [0.2, 0.25) is 0 Å². The van der Waals surface area contributed by atoms with Crippen LogP contribution in [-0.2, 0) is 14.2 Å². The van der Waals surface area contributed by atoms with Gasteiger partial charge in [-0.3, -0.25) is 0 Å². The van der Waals surface area contributed by atoms with E-state index in [0.717, 1.165) is 0 Å². The average molecular weight is 296 g/mol. The number of ether oxygens (including phenoxy) is 3. The predicted octanol–water partition coefficient (Wildman–Crippen LogP) is 0.379. The zero-order chi connectivity index (χ0) is 15.4. The molecule has 0 aliphatic carbocycles. The van der Waals surface area contributed by atoms with E-state index in [2.05, 4.69) is 5.32 Å². The number of nitrogens with one attached hydrogen (secondary N) is 1. The third-order valence-corrected chi connectivity index (χ3v) is 2.56. The molecule has 0 rings (SSSR count). The largest absolute Gasteiger partial charge is 0.465 e. The Hall–Kier alpha value is -0.960. The van der Waals surface area contributed by atoms with E-state index in [1.165, 1.54) is 0 Å². The molecule has 0 fully saturated rings. The van der Waals surface area contributed by atoms with Crippen molar-refractivity contribution in [2.75, 3.05) is 46.1 Å². The van der Waals surface area contributed by atoms with Crippen molar-refractivity contribution >= 4 is 6.09 Å². The maximum absolute atomic E-state index is 13.4. The van der Waals surface area contributed by atoms with Crippen molar-refractivity contribution in [1.82, 2.24) is 5.32 Å². The summed E-state index contributed by atoms with van der Waals surface area (Å²) in [4.78, 5) is 10.1. The molecule has 0 aliphatic rings. The average Bonchev–Trinajstić information content (AvgIpc) is 2.39. The van der Waals surface area contributed by atoms with Crippen molar-refractivity contribution < 1.29 is 28.5 Å². The molecule has 0 radical (unpaired) electrons. The summed E-state index contributed by atoms with van der Waals surface area (Å²) in [5.41, 5.74) is 4.32. The van der Waals surface area contributed by atoms with Gasteiger partial charge in [0.1, 0.15) is 6.17 Å². The second kappa shape index (κ2) is 10.8. The Morgan fingerprint density at radius 2 is 1.80 bits per heavy atom. The summed E-state index contributed by atoms with van der Waals surface area (Å²) >= 11 is 0. The normalized spacial score (nSPS) is 13.2. The SMILES string of the molecule is CC(C)(OCCOCCOCCNC(=O)O)C(F)CN. The first-order chi connectivity index (χ1) is 9.40. The quantitative estimate of drug-likeness (QED) is 0.450. The molecule has 0 spiro atoms. The van der Waals surface area contributed by atoms with Crippen LogP contribution in [-0.4, -0.2) is 69.1 Å².